The lowest BCUT2D eigenvalue weighted by Gasteiger charge is -2.37. The topological polar surface area (TPSA) is 30.3 Å². The molecule has 1 aromatic carbocycles. The van der Waals surface area contributed by atoms with Crippen LogP contribution >= 0.6 is 0 Å². The number of rotatable bonds is 8. The van der Waals surface area contributed by atoms with Crippen LogP contribution in [0.15, 0.2) is 42.9 Å². The van der Waals surface area contributed by atoms with E-state index in [0.29, 0.717) is 6.04 Å². The second-order valence-electron chi connectivity index (χ2n) is 9.49. The van der Waals surface area contributed by atoms with Gasteiger partial charge in [-0.3, -0.25) is 0 Å². The number of hydroxylamine groups is 2. The lowest BCUT2D eigenvalue weighted by Crippen LogP contribution is -2.45. The van der Waals surface area contributed by atoms with Gasteiger partial charge in [-0.05, 0) is 49.4 Å². The Morgan fingerprint density at radius 2 is 1.96 bits per heavy atom. The van der Waals surface area contributed by atoms with E-state index in [-0.39, 0.29) is 5.41 Å². The van der Waals surface area contributed by atoms with Gasteiger partial charge in [0.1, 0.15) is 0 Å². The fourth-order valence-electron chi connectivity index (χ4n) is 4.67. The molecular formula is C22H35N3OSi. The molecule has 27 heavy (non-hydrogen) atoms. The molecule has 4 nitrogen and oxygen atoms in total. The van der Waals surface area contributed by atoms with E-state index < -0.39 is 8.32 Å². The van der Waals surface area contributed by atoms with Crippen LogP contribution in [-0.4, -0.2) is 35.5 Å². The van der Waals surface area contributed by atoms with Crippen molar-refractivity contribution in [3.05, 3.63) is 54.1 Å². The van der Waals surface area contributed by atoms with E-state index in [1.165, 1.54) is 24.1 Å². The summed E-state index contributed by atoms with van der Waals surface area (Å²) in [4.78, 5) is 4.26. The second-order valence-corrected chi connectivity index (χ2v) is 13.5. The van der Waals surface area contributed by atoms with Crippen LogP contribution in [0.1, 0.15) is 37.9 Å². The Balaban J connectivity index is 1.60. The summed E-state index contributed by atoms with van der Waals surface area (Å²) >= 11 is 0. The van der Waals surface area contributed by atoms with Crippen LogP contribution in [0, 0.1) is 5.41 Å². The van der Waals surface area contributed by atoms with Gasteiger partial charge < -0.3 is 9.09 Å². The fraction of sp³-hybridized carbons (Fsp3) is 0.591. The molecule has 0 amide bonds. The molecule has 0 radical (unpaired) electrons. The average molecular weight is 386 g/mol. The zero-order valence-electron chi connectivity index (χ0n) is 17.6. The molecule has 148 valence electrons. The Labute approximate surface area is 165 Å². The number of aryl methyl sites for hydroxylation is 1. The van der Waals surface area contributed by atoms with E-state index in [4.69, 9.17) is 4.53 Å². The van der Waals surface area contributed by atoms with Gasteiger partial charge in [0.05, 0.1) is 6.33 Å². The lowest BCUT2D eigenvalue weighted by molar-refractivity contribution is -0.0822. The average Bonchev–Trinajstić information content (AvgIpc) is 3.16. The number of nitrogens with zero attached hydrogens (tertiary/aromatic N) is 3. The third-order valence-corrected chi connectivity index (χ3v) is 8.02. The van der Waals surface area contributed by atoms with Crippen molar-refractivity contribution < 1.29 is 4.53 Å². The maximum atomic E-state index is 6.72. The maximum Gasteiger partial charge on any atom is 0.215 e. The molecule has 0 aliphatic carbocycles. The van der Waals surface area contributed by atoms with Crippen LogP contribution in [0.3, 0.4) is 0 Å². The predicted octanol–water partition coefficient (Wildman–Crippen LogP) is 4.83. The first kappa shape index (κ1) is 20.3. The van der Waals surface area contributed by atoms with Gasteiger partial charge >= 0.3 is 0 Å². The summed E-state index contributed by atoms with van der Waals surface area (Å²) in [6, 6.07) is 12.5. The van der Waals surface area contributed by atoms with Crippen molar-refractivity contribution in [1.29, 1.82) is 0 Å². The molecule has 1 fully saturated rings. The normalized spacial score (nSPS) is 18.9. The van der Waals surface area contributed by atoms with Crippen molar-refractivity contribution in [3.63, 3.8) is 0 Å². The maximum absolute atomic E-state index is 6.72. The highest BCUT2D eigenvalue weighted by Gasteiger charge is 2.37. The number of hydrogen-bond donors (Lipinski definition) is 0. The zero-order valence-corrected chi connectivity index (χ0v) is 18.6. The highest BCUT2D eigenvalue weighted by Crippen LogP contribution is 2.34. The lowest BCUT2D eigenvalue weighted by atomic mass is 9.88. The van der Waals surface area contributed by atoms with Gasteiger partial charge in [-0.25, -0.2) is 4.98 Å². The quantitative estimate of drug-likeness (QED) is 0.610. The summed E-state index contributed by atoms with van der Waals surface area (Å²) in [5.41, 5.74) is 2.95. The van der Waals surface area contributed by atoms with Crippen molar-refractivity contribution in [2.75, 3.05) is 6.54 Å². The third-order valence-electron chi connectivity index (χ3n) is 5.48. The van der Waals surface area contributed by atoms with Gasteiger partial charge in [-0.15, -0.1) is 0 Å². The minimum Gasteiger partial charge on any atom is -0.343 e. The standard InChI is InChI=1S/C22H35N3OSi/c1-22(2,15-19-10-7-6-8-11-19)17-27(4,5)26-25-13-9-12-20(25)14-21-16-23-18-24(21)3/h6-8,10-11,16,18,20H,9,12-15,17H2,1-5H3. The molecule has 3 rings (SSSR count). The van der Waals surface area contributed by atoms with Crippen LogP contribution in [0.25, 0.3) is 0 Å². The summed E-state index contributed by atoms with van der Waals surface area (Å²) in [6.45, 7) is 10.6. The van der Waals surface area contributed by atoms with E-state index in [9.17, 15) is 0 Å². The van der Waals surface area contributed by atoms with Gasteiger partial charge in [0.2, 0.25) is 8.32 Å². The first-order valence-electron chi connectivity index (χ1n) is 10.2. The molecule has 0 bridgehead atoms. The molecule has 0 N–H and O–H groups in total. The Kier molecular flexibility index (Phi) is 6.24. The first-order valence-corrected chi connectivity index (χ1v) is 13.3. The molecule has 1 atom stereocenters. The number of aromatic nitrogens is 2. The molecule has 1 unspecified atom stereocenters. The number of benzene rings is 1. The molecule has 1 saturated heterocycles. The minimum absolute atomic E-state index is 0.244. The van der Waals surface area contributed by atoms with Crippen molar-refractivity contribution in [3.8, 4) is 0 Å². The Morgan fingerprint density at radius 1 is 1.22 bits per heavy atom. The Hall–Kier alpha value is -1.43. The van der Waals surface area contributed by atoms with Crippen LogP contribution in [0.5, 0.6) is 0 Å². The number of hydrogen-bond acceptors (Lipinski definition) is 3. The zero-order chi connectivity index (χ0) is 19.5. The summed E-state index contributed by atoms with van der Waals surface area (Å²) in [7, 11) is 0.266. The van der Waals surface area contributed by atoms with Crippen LogP contribution in [0.4, 0.5) is 0 Å². The monoisotopic (exact) mass is 385 g/mol. The SMILES string of the molecule is Cn1cncc1CC1CCCN1O[Si](C)(C)CC(C)(C)Cc1ccccc1. The Bertz CT molecular complexity index is 726. The third kappa shape index (κ3) is 5.77. The van der Waals surface area contributed by atoms with Crippen molar-refractivity contribution >= 4 is 8.32 Å². The van der Waals surface area contributed by atoms with Gasteiger partial charge in [-0.1, -0.05) is 44.2 Å². The van der Waals surface area contributed by atoms with Crippen LogP contribution in [0.2, 0.25) is 19.1 Å². The van der Waals surface area contributed by atoms with E-state index >= 15 is 0 Å². The van der Waals surface area contributed by atoms with E-state index in [0.717, 1.165) is 25.4 Å². The van der Waals surface area contributed by atoms with Gasteiger partial charge in [0.15, 0.2) is 0 Å². The smallest absolute Gasteiger partial charge is 0.215 e. The Morgan fingerprint density at radius 3 is 2.63 bits per heavy atom. The molecule has 2 heterocycles. The molecular weight excluding hydrogens is 350 g/mol. The van der Waals surface area contributed by atoms with Crippen LogP contribution in [-0.2, 0) is 24.4 Å². The van der Waals surface area contributed by atoms with Gasteiger partial charge in [0, 0.05) is 37.9 Å². The highest BCUT2D eigenvalue weighted by atomic mass is 28.4. The molecule has 0 spiro atoms. The van der Waals surface area contributed by atoms with Crippen LogP contribution < -0.4 is 0 Å². The molecule has 0 saturated carbocycles. The predicted molar refractivity (Wildman–Crippen MR) is 114 cm³/mol. The molecule has 1 aliphatic rings. The highest BCUT2D eigenvalue weighted by molar-refractivity contribution is 6.71. The molecule has 5 heteroatoms. The molecule has 2 aromatic rings. The van der Waals surface area contributed by atoms with Crippen molar-refractivity contribution in [1.82, 2.24) is 14.6 Å². The minimum atomic E-state index is -1.81. The fourth-order valence-corrected chi connectivity index (χ4v) is 8.04. The van der Waals surface area contributed by atoms with Gasteiger partial charge in [-0.2, -0.15) is 5.06 Å². The first-order chi connectivity index (χ1) is 12.7. The number of imidazole rings is 1. The summed E-state index contributed by atoms with van der Waals surface area (Å²) in [5, 5.41) is 2.30. The summed E-state index contributed by atoms with van der Waals surface area (Å²) < 4.78 is 8.84. The van der Waals surface area contributed by atoms with E-state index in [1.807, 2.05) is 12.5 Å². The van der Waals surface area contributed by atoms with Crippen molar-refractivity contribution in [2.45, 2.75) is 64.7 Å². The molecule has 1 aliphatic heterocycles. The largest absolute Gasteiger partial charge is 0.343 e. The summed E-state index contributed by atoms with van der Waals surface area (Å²) in [6.07, 6.45) is 8.44. The van der Waals surface area contributed by atoms with Gasteiger partial charge in [0.25, 0.3) is 0 Å². The second kappa shape index (κ2) is 8.29. The van der Waals surface area contributed by atoms with E-state index in [2.05, 4.69) is 78.9 Å². The van der Waals surface area contributed by atoms with Crippen molar-refractivity contribution in [2.24, 2.45) is 12.5 Å². The molecule has 1 aromatic heterocycles. The van der Waals surface area contributed by atoms with E-state index in [1.54, 1.807) is 0 Å². The summed E-state index contributed by atoms with van der Waals surface area (Å²) in [5.74, 6) is 0.